The van der Waals surface area contributed by atoms with E-state index in [-0.39, 0.29) is 0 Å². The van der Waals surface area contributed by atoms with E-state index in [0.717, 1.165) is 30.3 Å². The molecule has 96 valence electrons. The third-order valence-corrected chi connectivity index (χ3v) is 4.38. The van der Waals surface area contributed by atoms with Gasteiger partial charge in [-0.15, -0.1) is 0 Å². The first-order chi connectivity index (χ1) is 7.58. The topological polar surface area (TPSA) is 29.3 Å². The highest BCUT2D eigenvalue weighted by Crippen LogP contribution is 2.31. The van der Waals surface area contributed by atoms with Crippen molar-refractivity contribution in [3.8, 4) is 0 Å². The van der Waals surface area contributed by atoms with Gasteiger partial charge in [0, 0.05) is 12.6 Å². The Bertz CT molecular complexity index is 193. The minimum atomic E-state index is 0.725. The van der Waals surface area contributed by atoms with Crippen LogP contribution in [0.15, 0.2) is 0 Å². The van der Waals surface area contributed by atoms with Gasteiger partial charge in [0.25, 0.3) is 0 Å². The molecule has 2 nitrogen and oxygen atoms in total. The van der Waals surface area contributed by atoms with Crippen molar-refractivity contribution >= 4 is 0 Å². The lowest BCUT2D eigenvalue weighted by Crippen LogP contribution is -2.46. The average molecular weight is 226 g/mol. The molecule has 0 aromatic carbocycles. The summed E-state index contributed by atoms with van der Waals surface area (Å²) >= 11 is 0. The van der Waals surface area contributed by atoms with E-state index >= 15 is 0 Å². The summed E-state index contributed by atoms with van der Waals surface area (Å²) in [4.78, 5) is 2.57. The van der Waals surface area contributed by atoms with Crippen LogP contribution in [0.1, 0.15) is 46.5 Å². The summed E-state index contributed by atoms with van der Waals surface area (Å²) in [5, 5.41) is 0. The van der Waals surface area contributed by atoms with Crippen LogP contribution >= 0.6 is 0 Å². The lowest BCUT2D eigenvalue weighted by atomic mass is 9.78. The van der Waals surface area contributed by atoms with Crippen LogP contribution in [0, 0.1) is 17.8 Å². The molecular formula is C14H30N2. The van der Waals surface area contributed by atoms with Gasteiger partial charge in [0.05, 0.1) is 0 Å². The maximum absolute atomic E-state index is 5.91. The fraction of sp³-hybridized carbons (Fsp3) is 1.00. The molecule has 2 N–H and O–H groups in total. The molecule has 4 unspecified atom stereocenters. The van der Waals surface area contributed by atoms with Gasteiger partial charge in [0.1, 0.15) is 0 Å². The standard InChI is InChI=1S/C14H30N2/c1-5-11(2)10-16(4)14-8-12(3)6-7-13(14)9-15/h11-14H,5-10,15H2,1-4H3. The molecule has 0 aromatic heterocycles. The fourth-order valence-corrected chi connectivity index (χ4v) is 2.98. The molecule has 16 heavy (non-hydrogen) atoms. The van der Waals surface area contributed by atoms with E-state index in [9.17, 15) is 0 Å². The highest BCUT2D eigenvalue weighted by Gasteiger charge is 2.30. The second-order valence-corrected chi connectivity index (χ2v) is 5.93. The molecule has 0 amide bonds. The Morgan fingerprint density at radius 1 is 1.38 bits per heavy atom. The first kappa shape index (κ1) is 14.0. The minimum absolute atomic E-state index is 0.725. The van der Waals surface area contributed by atoms with Crippen LogP contribution < -0.4 is 5.73 Å². The van der Waals surface area contributed by atoms with Crippen molar-refractivity contribution in [2.75, 3.05) is 20.1 Å². The van der Waals surface area contributed by atoms with Crippen molar-refractivity contribution in [2.45, 2.75) is 52.5 Å². The molecule has 0 radical (unpaired) electrons. The minimum Gasteiger partial charge on any atom is -0.330 e. The number of rotatable bonds is 5. The fourth-order valence-electron chi connectivity index (χ4n) is 2.98. The van der Waals surface area contributed by atoms with Crippen LogP contribution in [0.4, 0.5) is 0 Å². The Labute approximate surface area is 102 Å². The predicted octanol–water partition coefficient (Wildman–Crippen LogP) is 2.73. The van der Waals surface area contributed by atoms with E-state index < -0.39 is 0 Å². The Morgan fingerprint density at radius 3 is 2.62 bits per heavy atom. The molecule has 1 saturated carbocycles. The quantitative estimate of drug-likeness (QED) is 0.781. The van der Waals surface area contributed by atoms with Gasteiger partial charge in [-0.25, -0.2) is 0 Å². The van der Waals surface area contributed by atoms with Crippen molar-refractivity contribution < 1.29 is 0 Å². The van der Waals surface area contributed by atoms with E-state index in [1.165, 1.54) is 32.2 Å². The second kappa shape index (κ2) is 6.61. The van der Waals surface area contributed by atoms with Crippen molar-refractivity contribution in [3.63, 3.8) is 0 Å². The van der Waals surface area contributed by atoms with Crippen LogP contribution in [0.25, 0.3) is 0 Å². The summed E-state index contributed by atoms with van der Waals surface area (Å²) in [6, 6.07) is 0.725. The van der Waals surface area contributed by atoms with E-state index in [1.807, 2.05) is 0 Å². The van der Waals surface area contributed by atoms with Crippen LogP contribution in [-0.2, 0) is 0 Å². The van der Waals surface area contributed by atoms with Crippen LogP contribution in [0.2, 0.25) is 0 Å². The lowest BCUT2D eigenvalue weighted by Gasteiger charge is -2.41. The average Bonchev–Trinajstić information content (AvgIpc) is 2.28. The van der Waals surface area contributed by atoms with Crippen LogP contribution in [0.5, 0.6) is 0 Å². The maximum atomic E-state index is 5.91. The highest BCUT2D eigenvalue weighted by atomic mass is 15.1. The van der Waals surface area contributed by atoms with Crippen molar-refractivity contribution in [1.82, 2.24) is 4.90 Å². The van der Waals surface area contributed by atoms with Gasteiger partial charge >= 0.3 is 0 Å². The Kier molecular flexibility index (Phi) is 5.77. The van der Waals surface area contributed by atoms with Crippen LogP contribution in [0.3, 0.4) is 0 Å². The van der Waals surface area contributed by atoms with Crippen LogP contribution in [-0.4, -0.2) is 31.1 Å². The molecule has 0 bridgehead atoms. The molecule has 1 aliphatic rings. The van der Waals surface area contributed by atoms with Gasteiger partial charge in [0.2, 0.25) is 0 Å². The summed E-state index contributed by atoms with van der Waals surface area (Å²) in [7, 11) is 2.29. The lowest BCUT2D eigenvalue weighted by molar-refractivity contribution is 0.0962. The Balaban J connectivity index is 2.52. The van der Waals surface area contributed by atoms with E-state index in [1.54, 1.807) is 0 Å². The molecule has 1 fully saturated rings. The molecule has 1 rings (SSSR count). The number of hydrogen-bond donors (Lipinski definition) is 1. The molecule has 0 aromatic rings. The second-order valence-electron chi connectivity index (χ2n) is 5.93. The molecule has 0 aliphatic heterocycles. The highest BCUT2D eigenvalue weighted by molar-refractivity contribution is 4.85. The zero-order valence-electron chi connectivity index (χ0n) is 11.6. The summed E-state index contributed by atoms with van der Waals surface area (Å²) in [5.41, 5.74) is 5.91. The van der Waals surface area contributed by atoms with Crippen molar-refractivity contribution in [3.05, 3.63) is 0 Å². The van der Waals surface area contributed by atoms with Gasteiger partial charge in [-0.1, -0.05) is 33.6 Å². The van der Waals surface area contributed by atoms with Crippen molar-refractivity contribution in [1.29, 1.82) is 0 Å². The molecular weight excluding hydrogens is 196 g/mol. The van der Waals surface area contributed by atoms with Gasteiger partial charge in [-0.05, 0) is 44.2 Å². The Morgan fingerprint density at radius 2 is 2.06 bits per heavy atom. The monoisotopic (exact) mass is 226 g/mol. The SMILES string of the molecule is CCC(C)CN(C)C1CC(C)CCC1CN. The molecule has 2 heteroatoms. The number of hydrogen-bond acceptors (Lipinski definition) is 2. The van der Waals surface area contributed by atoms with E-state index in [0.29, 0.717) is 0 Å². The molecule has 0 saturated heterocycles. The van der Waals surface area contributed by atoms with Gasteiger partial charge in [0.15, 0.2) is 0 Å². The molecule has 0 spiro atoms. The van der Waals surface area contributed by atoms with Gasteiger partial charge < -0.3 is 10.6 Å². The van der Waals surface area contributed by atoms with Crippen molar-refractivity contribution in [2.24, 2.45) is 23.5 Å². The van der Waals surface area contributed by atoms with Gasteiger partial charge in [-0.3, -0.25) is 0 Å². The zero-order valence-corrected chi connectivity index (χ0v) is 11.6. The normalized spacial score (nSPS) is 33.0. The third kappa shape index (κ3) is 3.74. The first-order valence-electron chi connectivity index (χ1n) is 6.98. The summed E-state index contributed by atoms with van der Waals surface area (Å²) in [6.45, 7) is 9.10. The summed E-state index contributed by atoms with van der Waals surface area (Å²) in [5.74, 6) is 2.41. The smallest absolute Gasteiger partial charge is 0.0135 e. The zero-order chi connectivity index (χ0) is 12.1. The third-order valence-electron chi connectivity index (χ3n) is 4.38. The maximum Gasteiger partial charge on any atom is 0.0135 e. The largest absolute Gasteiger partial charge is 0.330 e. The van der Waals surface area contributed by atoms with E-state index in [4.69, 9.17) is 5.73 Å². The molecule has 4 atom stereocenters. The molecule has 1 aliphatic carbocycles. The first-order valence-corrected chi connectivity index (χ1v) is 6.98. The number of nitrogens with zero attached hydrogens (tertiary/aromatic N) is 1. The molecule has 0 heterocycles. The summed E-state index contributed by atoms with van der Waals surface area (Å²) in [6.07, 6.45) is 5.32. The summed E-state index contributed by atoms with van der Waals surface area (Å²) < 4.78 is 0. The Hall–Kier alpha value is -0.0800. The number of nitrogens with two attached hydrogens (primary N) is 1. The predicted molar refractivity (Wildman–Crippen MR) is 71.4 cm³/mol. The van der Waals surface area contributed by atoms with E-state index in [2.05, 4.69) is 32.7 Å². The van der Waals surface area contributed by atoms with Gasteiger partial charge in [-0.2, -0.15) is 0 Å².